The van der Waals surface area contributed by atoms with Crippen LogP contribution in [0.3, 0.4) is 0 Å². The fourth-order valence-electron chi connectivity index (χ4n) is 3.95. The van der Waals surface area contributed by atoms with Crippen LogP contribution >= 0.6 is 0 Å². The number of piperidine rings is 1. The van der Waals surface area contributed by atoms with Crippen molar-refractivity contribution in [2.75, 3.05) is 19.6 Å². The molecule has 0 amide bonds. The number of aryl methyl sites for hydroxylation is 3. The number of H-pyrrole nitrogens is 1. The van der Waals surface area contributed by atoms with Crippen molar-refractivity contribution in [3.63, 3.8) is 0 Å². The van der Waals surface area contributed by atoms with E-state index >= 15 is 0 Å². The van der Waals surface area contributed by atoms with Crippen molar-refractivity contribution < 1.29 is 0 Å². The van der Waals surface area contributed by atoms with Gasteiger partial charge in [0.05, 0.1) is 17.2 Å². The van der Waals surface area contributed by atoms with Crippen LogP contribution < -0.4 is 0 Å². The summed E-state index contributed by atoms with van der Waals surface area (Å²) in [4.78, 5) is 15.5. The zero-order valence-electron chi connectivity index (χ0n) is 16.1. The number of nitrogens with one attached hydrogen (secondary N) is 1. The molecule has 0 bridgehead atoms. The van der Waals surface area contributed by atoms with Crippen molar-refractivity contribution in [1.29, 1.82) is 0 Å². The first-order chi connectivity index (χ1) is 12.3. The summed E-state index contributed by atoms with van der Waals surface area (Å²) in [6.07, 6.45) is 14.6. The Kier molecular flexibility index (Phi) is 6.85. The van der Waals surface area contributed by atoms with E-state index in [0.29, 0.717) is 0 Å². The highest BCUT2D eigenvalue weighted by atomic mass is 15.1. The van der Waals surface area contributed by atoms with Crippen LogP contribution in [0, 0.1) is 6.92 Å². The van der Waals surface area contributed by atoms with Crippen molar-refractivity contribution >= 4 is 11.0 Å². The Morgan fingerprint density at radius 1 is 1.04 bits per heavy atom. The summed E-state index contributed by atoms with van der Waals surface area (Å²) >= 11 is 0. The molecule has 0 saturated carbocycles. The molecule has 0 unspecified atom stereocenters. The van der Waals surface area contributed by atoms with Crippen LogP contribution in [0.5, 0.6) is 0 Å². The molecule has 0 atom stereocenters. The van der Waals surface area contributed by atoms with Crippen LogP contribution in [0.1, 0.15) is 75.4 Å². The number of hydrogen-bond donors (Lipinski definition) is 1. The molecule has 1 saturated heterocycles. The lowest BCUT2D eigenvalue weighted by atomic mass is 10.1. The molecule has 3 rings (SSSR count). The maximum Gasteiger partial charge on any atom is 0.129 e. The number of aromatic nitrogens is 3. The van der Waals surface area contributed by atoms with Crippen molar-refractivity contribution in [2.45, 2.75) is 78.1 Å². The molecule has 2 aromatic heterocycles. The summed E-state index contributed by atoms with van der Waals surface area (Å²) in [6.45, 7) is 8.32. The molecule has 3 heterocycles. The Bertz CT molecular complexity index is 655. The lowest BCUT2D eigenvalue weighted by molar-refractivity contribution is 0.224. The highest BCUT2D eigenvalue weighted by molar-refractivity contribution is 5.79. The second-order valence-electron chi connectivity index (χ2n) is 7.59. The van der Waals surface area contributed by atoms with Gasteiger partial charge in [0.25, 0.3) is 0 Å². The standard InChI is InChI=1S/C21H34N4/c1-3-4-12-20-22-16-19-21(24-20)18(17(2)23-19)11-7-5-8-13-25-14-9-6-10-15-25/h16,23H,3-15H2,1-2H3. The fraction of sp³-hybridized carbons (Fsp3) is 0.714. The molecule has 4 nitrogen and oxygen atoms in total. The summed E-state index contributed by atoms with van der Waals surface area (Å²) in [5.41, 5.74) is 4.94. The van der Waals surface area contributed by atoms with E-state index in [1.54, 1.807) is 0 Å². The molecule has 0 aromatic carbocycles. The molecule has 0 radical (unpaired) electrons. The largest absolute Gasteiger partial charge is 0.356 e. The molecule has 0 spiro atoms. The summed E-state index contributed by atoms with van der Waals surface area (Å²) in [5.74, 6) is 1.000. The smallest absolute Gasteiger partial charge is 0.129 e. The number of rotatable bonds is 9. The first-order valence-electron chi connectivity index (χ1n) is 10.3. The van der Waals surface area contributed by atoms with Gasteiger partial charge in [-0.15, -0.1) is 0 Å². The fourth-order valence-corrected chi connectivity index (χ4v) is 3.95. The van der Waals surface area contributed by atoms with Crippen LogP contribution in [0.25, 0.3) is 11.0 Å². The molecule has 1 aliphatic rings. The highest BCUT2D eigenvalue weighted by Gasteiger charge is 2.12. The van der Waals surface area contributed by atoms with Crippen LogP contribution in [-0.2, 0) is 12.8 Å². The SMILES string of the molecule is CCCCc1ncc2[nH]c(C)c(CCCCCN3CCCCC3)c2n1. The molecule has 25 heavy (non-hydrogen) atoms. The van der Waals surface area contributed by atoms with Crippen molar-refractivity contribution in [3.05, 3.63) is 23.3 Å². The predicted octanol–water partition coefficient (Wildman–Crippen LogP) is 4.81. The second-order valence-corrected chi connectivity index (χ2v) is 7.59. The summed E-state index contributed by atoms with van der Waals surface area (Å²) < 4.78 is 0. The minimum atomic E-state index is 0.992. The van der Waals surface area contributed by atoms with Crippen LogP contribution in [0.2, 0.25) is 0 Å². The lowest BCUT2D eigenvalue weighted by Crippen LogP contribution is -2.30. The zero-order valence-corrected chi connectivity index (χ0v) is 16.1. The Labute approximate surface area is 152 Å². The van der Waals surface area contributed by atoms with E-state index in [2.05, 4.69) is 28.7 Å². The monoisotopic (exact) mass is 342 g/mol. The molecule has 0 aliphatic carbocycles. The third-order valence-electron chi connectivity index (χ3n) is 5.50. The molecule has 4 heteroatoms. The van der Waals surface area contributed by atoms with Gasteiger partial charge >= 0.3 is 0 Å². The van der Waals surface area contributed by atoms with Gasteiger partial charge in [0.1, 0.15) is 5.82 Å². The Hall–Kier alpha value is -1.42. The van der Waals surface area contributed by atoms with Gasteiger partial charge in [0.15, 0.2) is 0 Å². The Balaban J connectivity index is 1.52. The maximum absolute atomic E-state index is 4.86. The van der Waals surface area contributed by atoms with Gasteiger partial charge in [-0.2, -0.15) is 0 Å². The first-order valence-corrected chi connectivity index (χ1v) is 10.3. The van der Waals surface area contributed by atoms with E-state index < -0.39 is 0 Å². The average Bonchev–Trinajstić information content (AvgIpc) is 2.95. The molecular formula is C21H34N4. The van der Waals surface area contributed by atoms with Gasteiger partial charge in [-0.1, -0.05) is 26.2 Å². The second kappa shape index (κ2) is 9.33. The molecule has 1 fully saturated rings. The van der Waals surface area contributed by atoms with E-state index in [9.17, 15) is 0 Å². The van der Waals surface area contributed by atoms with Crippen LogP contribution in [0.15, 0.2) is 6.20 Å². The van der Waals surface area contributed by atoms with E-state index in [-0.39, 0.29) is 0 Å². The van der Waals surface area contributed by atoms with Gasteiger partial charge in [-0.25, -0.2) is 9.97 Å². The minimum Gasteiger partial charge on any atom is -0.356 e. The zero-order chi connectivity index (χ0) is 17.5. The van der Waals surface area contributed by atoms with Crippen molar-refractivity contribution in [3.8, 4) is 0 Å². The Morgan fingerprint density at radius 2 is 1.88 bits per heavy atom. The van der Waals surface area contributed by atoms with Gasteiger partial charge in [-0.3, -0.25) is 0 Å². The minimum absolute atomic E-state index is 0.992. The molecular weight excluding hydrogens is 308 g/mol. The summed E-state index contributed by atoms with van der Waals surface area (Å²) in [7, 11) is 0. The van der Waals surface area contributed by atoms with E-state index in [4.69, 9.17) is 4.98 Å². The van der Waals surface area contributed by atoms with Gasteiger partial charge in [0.2, 0.25) is 0 Å². The normalized spacial score (nSPS) is 15.9. The number of likely N-dealkylation sites (tertiary alicyclic amines) is 1. The molecule has 1 N–H and O–H groups in total. The first kappa shape index (κ1) is 18.4. The molecule has 138 valence electrons. The Morgan fingerprint density at radius 3 is 2.68 bits per heavy atom. The number of unbranched alkanes of at least 4 members (excludes halogenated alkanes) is 3. The third kappa shape index (κ3) is 5.04. The third-order valence-corrected chi connectivity index (χ3v) is 5.50. The van der Waals surface area contributed by atoms with Gasteiger partial charge in [-0.05, 0) is 70.6 Å². The number of aromatic amines is 1. The number of nitrogens with zero attached hydrogens (tertiary/aromatic N) is 3. The summed E-state index contributed by atoms with van der Waals surface area (Å²) in [5, 5.41) is 0. The number of fused-ring (bicyclic) bond motifs is 1. The molecule has 2 aromatic rings. The number of hydrogen-bond acceptors (Lipinski definition) is 3. The predicted molar refractivity (Wildman–Crippen MR) is 105 cm³/mol. The van der Waals surface area contributed by atoms with E-state index in [1.807, 2.05) is 6.20 Å². The lowest BCUT2D eigenvalue weighted by Gasteiger charge is -2.26. The van der Waals surface area contributed by atoms with Crippen molar-refractivity contribution in [2.24, 2.45) is 0 Å². The van der Waals surface area contributed by atoms with Crippen LogP contribution in [0.4, 0.5) is 0 Å². The quantitative estimate of drug-likeness (QED) is 0.665. The average molecular weight is 343 g/mol. The van der Waals surface area contributed by atoms with Gasteiger partial charge in [0, 0.05) is 12.1 Å². The highest BCUT2D eigenvalue weighted by Crippen LogP contribution is 2.22. The summed E-state index contributed by atoms with van der Waals surface area (Å²) in [6, 6.07) is 0. The van der Waals surface area contributed by atoms with Crippen molar-refractivity contribution in [1.82, 2.24) is 19.9 Å². The van der Waals surface area contributed by atoms with E-state index in [0.717, 1.165) is 29.7 Å². The van der Waals surface area contributed by atoms with Crippen LogP contribution in [-0.4, -0.2) is 39.5 Å². The van der Waals surface area contributed by atoms with E-state index in [1.165, 1.54) is 82.3 Å². The maximum atomic E-state index is 4.86. The molecule has 1 aliphatic heterocycles. The van der Waals surface area contributed by atoms with Gasteiger partial charge < -0.3 is 9.88 Å². The topological polar surface area (TPSA) is 44.8 Å².